The molecule has 3 rings (SSSR count). The predicted molar refractivity (Wildman–Crippen MR) is 91.1 cm³/mol. The first kappa shape index (κ1) is 18.8. The second-order valence-electron chi connectivity index (χ2n) is 5.55. The number of hydrogen-bond donors (Lipinski definition) is 0. The van der Waals surface area contributed by atoms with Gasteiger partial charge in [-0.15, -0.1) is 0 Å². The minimum atomic E-state index is -4.60. The fourth-order valence-corrected chi connectivity index (χ4v) is 4.23. The lowest BCUT2D eigenvalue weighted by Crippen LogP contribution is -2.11. The van der Waals surface area contributed by atoms with Crippen LogP contribution < -0.4 is 0 Å². The molecule has 0 radical (unpaired) electrons. The Kier molecular flexibility index (Phi) is 4.38. The van der Waals surface area contributed by atoms with Gasteiger partial charge in [-0.3, -0.25) is 0 Å². The fraction of sp³-hybridized carbons (Fsp3) is 0.357. The van der Waals surface area contributed by atoms with Crippen molar-refractivity contribution in [2.45, 2.75) is 18.1 Å². The molecule has 3 heterocycles. The second-order valence-corrected chi connectivity index (χ2v) is 8.45. The molecule has 3 aromatic rings. The van der Waals surface area contributed by atoms with Gasteiger partial charge in [0.25, 0.3) is 0 Å². The largest absolute Gasteiger partial charge is 0.433 e. The van der Waals surface area contributed by atoms with Crippen molar-refractivity contribution in [2.24, 2.45) is 14.1 Å². The molecule has 140 valence electrons. The van der Waals surface area contributed by atoms with Crippen LogP contribution in [0.3, 0.4) is 0 Å². The molecule has 7 nitrogen and oxygen atoms in total. The number of hydrogen-bond acceptors (Lipinski definition) is 5. The first-order valence-corrected chi connectivity index (χ1v) is 9.77. The molecular weight excluding hydrogens is 439 g/mol. The van der Waals surface area contributed by atoms with Gasteiger partial charge in [0.1, 0.15) is 11.4 Å². The molecule has 0 fully saturated rings. The van der Waals surface area contributed by atoms with Gasteiger partial charge >= 0.3 is 6.18 Å². The van der Waals surface area contributed by atoms with E-state index in [1.807, 2.05) is 0 Å². The highest BCUT2D eigenvalue weighted by Crippen LogP contribution is 2.33. The average Bonchev–Trinajstić information content (AvgIpc) is 3.04. The number of imidazole rings is 2. The van der Waals surface area contributed by atoms with Crippen LogP contribution in [0, 0.1) is 0 Å². The predicted octanol–water partition coefficient (Wildman–Crippen LogP) is 2.94. The molecule has 0 bridgehead atoms. The van der Waals surface area contributed by atoms with Gasteiger partial charge in [-0.05, 0) is 22.0 Å². The van der Waals surface area contributed by atoms with Crippen molar-refractivity contribution < 1.29 is 21.6 Å². The first-order chi connectivity index (χ1) is 12.0. The third kappa shape index (κ3) is 2.90. The average molecular weight is 452 g/mol. The van der Waals surface area contributed by atoms with Gasteiger partial charge < -0.3 is 9.13 Å². The Morgan fingerprint density at radius 3 is 2.42 bits per heavy atom. The van der Waals surface area contributed by atoms with E-state index in [1.165, 1.54) is 23.1 Å². The Bertz CT molecular complexity index is 1120. The minimum Gasteiger partial charge on any atom is -0.324 e. The molecule has 0 N–H and O–H groups in total. The van der Waals surface area contributed by atoms with E-state index in [4.69, 9.17) is 0 Å². The number of aromatic nitrogens is 5. The molecule has 0 atom stereocenters. The fourth-order valence-electron chi connectivity index (χ4n) is 2.55. The molecular formula is C14H13BrF3N5O2S. The first-order valence-electron chi connectivity index (χ1n) is 7.32. The quantitative estimate of drug-likeness (QED) is 0.611. The molecule has 0 spiro atoms. The van der Waals surface area contributed by atoms with Crippen LogP contribution in [0.2, 0.25) is 0 Å². The van der Waals surface area contributed by atoms with Gasteiger partial charge in [0.05, 0.1) is 23.0 Å². The van der Waals surface area contributed by atoms with Crippen molar-refractivity contribution in [3.05, 3.63) is 22.7 Å². The van der Waals surface area contributed by atoms with Crippen LogP contribution >= 0.6 is 15.9 Å². The highest BCUT2D eigenvalue weighted by Gasteiger charge is 2.34. The Labute approximate surface area is 154 Å². The van der Waals surface area contributed by atoms with Crippen molar-refractivity contribution in [3.63, 3.8) is 0 Å². The zero-order chi connectivity index (χ0) is 19.4. The highest BCUT2D eigenvalue weighted by molar-refractivity contribution is 9.10. The number of nitrogens with zero attached hydrogens (tertiary/aromatic N) is 5. The van der Waals surface area contributed by atoms with Gasteiger partial charge in [-0.2, -0.15) is 13.2 Å². The van der Waals surface area contributed by atoms with E-state index in [-0.39, 0.29) is 32.5 Å². The highest BCUT2D eigenvalue weighted by atomic mass is 79.9. The number of sulfone groups is 1. The molecule has 0 aliphatic rings. The summed E-state index contributed by atoms with van der Waals surface area (Å²) in [6, 6.07) is 0.824. The van der Waals surface area contributed by atoms with E-state index in [1.54, 1.807) is 7.05 Å². The number of pyridine rings is 1. The summed E-state index contributed by atoms with van der Waals surface area (Å²) in [5, 5.41) is -0.0608. The molecule has 0 saturated carbocycles. The Hall–Kier alpha value is -1.95. The van der Waals surface area contributed by atoms with Gasteiger partial charge in [0.2, 0.25) is 0 Å². The van der Waals surface area contributed by atoms with Crippen LogP contribution in [0.1, 0.15) is 12.6 Å². The third-order valence-corrected chi connectivity index (χ3v) is 6.46. The van der Waals surface area contributed by atoms with Crippen LogP contribution in [0.4, 0.5) is 13.2 Å². The maximum absolute atomic E-state index is 12.9. The standard InChI is InChI=1S/C14H13BrF3N5O2S/c1-4-26(24,25)12-10(21-13(15)23(12)3)11-20-7-5-9(14(16,17)18)19-6-8(7)22(11)2/h5-6H,4H2,1-3H3. The number of fused-ring (bicyclic) bond motifs is 1. The Morgan fingerprint density at radius 1 is 1.19 bits per heavy atom. The van der Waals surface area contributed by atoms with Gasteiger partial charge in [-0.25, -0.2) is 23.4 Å². The van der Waals surface area contributed by atoms with E-state index < -0.39 is 21.7 Å². The summed E-state index contributed by atoms with van der Waals surface area (Å²) in [4.78, 5) is 11.8. The van der Waals surface area contributed by atoms with E-state index in [9.17, 15) is 21.6 Å². The van der Waals surface area contributed by atoms with Crippen molar-refractivity contribution in [1.29, 1.82) is 0 Å². The van der Waals surface area contributed by atoms with E-state index in [0.29, 0.717) is 5.52 Å². The summed E-state index contributed by atoms with van der Waals surface area (Å²) in [5.74, 6) is -0.0233. The number of aryl methyl sites for hydroxylation is 1. The zero-order valence-electron chi connectivity index (χ0n) is 13.8. The number of halogens is 4. The zero-order valence-corrected chi connectivity index (χ0v) is 16.2. The molecule has 3 aromatic heterocycles. The van der Waals surface area contributed by atoms with Crippen molar-refractivity contribution in [1.82, 2.24) is 24.1 Å². The van der Waals surface area contributed by atoms with Gasteiger partial charge in [0, 0.05) is 14.1 Å². The summed E-state index contributed by atoms with van der Waals surface area (Å²) in [7, 11) is -0.568. The van der Waals surface area contributed by atoms with Gasteiger partial charge in [0.15, 0.2) is 25.4 Å². The normalized spacial score (nSPS) is 12.9. The van der Waals surface area contributed by atoms with E-state index in [0.717, 1.165) is 12.3 Å². The molecule has 0 saturated heterocycles. The summed E-state index contributed by atoms with van der Waals surface area (Å²) in [6.45, 7) is 1.49. The van der Waals surface area contributed by atoms with Crippen LogP contribution in [0.25, 0.3) is 22.6 Å². The summed E-state index contributed by atoms with van der Waals surface area (Å²) >= 11 is 3.18. The maximum atomic E-state index is 12.9. The molecule has 0 unspecified atom stereocenters. The lowest BCUT2D eigenvalue weighted by molar-refractivity contribution is -0.141. The monoisotopic (exact) mass is 451 g/mol. The molecule has 0 aromatic carbocycles. The summed E-state index contributed by atoms with van der Waals surface area (Å²) in [5.41, 5.74) is -0.632. The van der Waals surface area contributed by atoms with Crippen molar-refractivity contribution >= 4 is 36.8 Å². The molecule has 26 heavy (non-hydrogen) atoms. The van der Waals surface area contributed by atoms with Crippen LogP contribution in [-0.2, 0) is 30.1 Å². The third-order valence-electron chi connectivity index (χ3n) is 3.93. The molecule has 0 aliphatic carbocycles. The Balaban J connectivity index is 2.31. The number of alkyl halides is 3. The lowest BCUT2D eigenvalue weighted by Gasteiger charge is -2.06. The van der Waals surface area contributed by atoms with E-state index >= 15 is 0 Å². The molecule has 0 amide bonds. The van der Waals surface area contributed by atoms with Crippen molar-refractivity contribution in [3.8, 4) is 11.5 Å². The Morgan fingerprint density at radius 2 is 1.85 bits per heavy atom. The van der Waals surface area contributed by atoms with Crippen LogP contribution in [0.15, 0.2) is 22.0 Å². The molecule has 12 heteroatoms. The number of rotatable bonds is 3. The summed E-state index contributed by atoms with van der Waals surface area (Å²) < 4.78 is 66.6. The SMILES string of the molecule is CCS(=O)(=O)c1c(-c2nc3cc(C(F)(F)F)ncc3n2C)nc(Br)n1C. The topological polar surface area (TPSA) is 82.7 Å². The molecule has 0 aliphatic heterocycles. The van der Waals surface area contributed by atoms with Crippen LogP contribution in [-0.4, -0.2) is 38.3 Å². The smallest absolute Gasteiger partial charge is 0.324 e. The van der Waals surface area contributed by atoms with Gasteiger partial charge in [-0.1, -0.05) is 6.92 Å². The van der Waals surface area contributed by atoms with Crippen molar-refractivity contribution in [2.75, 3.05) is 5.75 Å². The maximum Gasteiger partial charge on any atom is 0.433 e. The second kappa shape index (κ2) is 6.05. The lowest BCUT2D eigenvalue weighted by atomic mass is 10.3. The van der Waals surface area contributed by atoms with Crippen LogP contribution in [0.5, 0.6) is 0 Å². The van der Waals surface area contributed by atoms with E-state index in [2.05, 4.69) is 30.9 Å². The summed E-state index contributed by atoms with van der Waals surface area (Å²) in [6.07, 6.45) is -3.54. The minimum absolute atomic E-state index is 0.0476.